The maximum absolute atomic E-state index is 13.9. The molecule has 9 nitrogen and oxygen atoms in total. The lowest BCUT2D eigenvalue weighted by atomic mass is 9.94. The number of methoxy groups -OCH3 is 2. The second-order valence-corrected chi connectivity index (χ2v) is 8.60. The number of rotatable bonds is 11. The molecule has 4 rings (SSSR count). The van der Waals surface area contributed by atoms with Crippen molar-refractivity contribution in [1.29, 1.82) is 0 Å². The molecule has 1 aromatic heterocycles. The first kappa shape index (κ1) is 25.3. The number of halogens is 1. The normalized spacial score (nSPS) is 15.2. The Balaban J connectivity index is 1.84. The van der Waals surface area contributed by atoms with Crippen LogP contribution in [0.3, 0.4) is 0 Å². The minimum Gasteiger partial charge on any atom is -0.493 e. The van der Waals surface area contributed by atoms with Crippen LogP contribution in [0.25, 0.3) is 10.9 Å². The van der Waals surface area contributed by atoms with Crippen LogP contribution in [0.15, 0.2) is 41.1 Å². The van der Waals surface area contributed by atoms with E-state index in [0.29, 0.717) is 60.2 Å². The molecule has 0 fully saturated rings. The lowest BCUT2D eigenvalue weighted by molar-refractivity contribution is -0.149. The zero-order chi connectivity index (χ0) is 24.9. The molecule has 186 valence electrons. The molecule has 35 heavy (non-hydrogen) atoms. The number of carbonyl (C=O) groups excluding carboxylic acids is 1. The number of ether oxygens (including phenoxy) is 5. The zero-order valence-corrected chi connectivity index (χ0v) is 21.7. The molecule has 0 radical (unpaired) electrons. The molecular weight excluding hydrogens is 518 g/mol. The highest BCUT2D eigenvalue weighted by Gasteiger charge is 2.44. The van der Waals surface area contributed by atoms with Gasteiger partial charge in [-0.25, -0.2) is 9.97 Å². The first-order valence-corrected chi connectivity index (χ1v) is 12.1. The van der Waals surface area contributed by atoms with E-state index in [4.69, 9.17) is 23.7 Å². The number of hydrogen-bond donors (Lipinski definition) is 0. The van der Waals surface area contributed by atoms with E-state index in [-0.39, 0.29) is 5.91 Å². The average molecular weight is 546 g/mol. The largest absolute Gasteiger partial charge is 0.493 e. The standard InChI is InChI=1S/C25H28BrN3O6/c1-5-33-25(34-6-2)29-19-8-7-15(26)11-17(19)22(24(29)30)23-16-12-20(32-4)21(35-10-9-31-3)13-18(16)27-14-28-23/h7-8,11-14,22,25H,5-6,9-10H2,1-4H3. The quantitative estimate of drug-likeness (QED) is 0.260. The minimum atomic E-state index is -0.842. The molecule has 2 heterocycles. The molecule has 0 saturated heterocycles. The van der Waals surface area contributed by atoms with Gasteiger partial charge in [-0.1, -0.05) is 15.9 Å². The number of carbonyl (C=O) groups is 1. The van der Waals surface area contributed by atoms with Gasteiger partial charge in [-0.15, -0.1) is 0 Å². The van der Waals surface area contributed by atoms with Crippen LogP contribution in [-0.4, -0.2) is 62.9 Å². The van der Waals surface area contributed by atoms with Crippen LogP contribution in [0.2, 0.25) is 0 Å². The van der Waals surface area contributed by atoms with Gasteiger partial charge in [0.2, 0.25) is 12.3 Å². The molecule has 0 N–H and O–H groups in total. The second kappa shape index (κ2) is 11.3. The van der Waals surface area contributed by atoms with Crippen molar-refractivity contribution in [1.82, 2.24) is 9.97 Å². The van der Waals surface area contributed by atoms with Crippen molar-refractivity contribution in [2.45, 2.75) is 26.2 Å². The Morgan fingerprint density at radius 2 is 1.80 bits per heavy atom. The van der Waals surface area contributed by atoms with Crippen molar-refractivity contribution in [3.05, 3.63) is 52.4 Å². The van der Waals surface area contributed by atoms with E-state index in [1.165, 1.54) is 6.33 Å². The molecule has 1 aliphatic rings. The summed E-state index contributed by atoms with van der Waals surface area (Å²) in [4.78, 5) is 24.5. The summed E-state index contributed by atoms with van der Waals surface area (Å²) < 4.78 is 28.9. The number of anilines is 1. The molecule has 1 amide bonds. The summed E-state index contributed by atoms with van der Waals surface area (Å²) in [5.74, 6) is 0.186. The van der Waals surface area contributed by atoms with Crippen LogP contribution >= 0.6 is 15.9 Å². The van der Waals surface area contributed by atoms with Gasteiger partial charge in [-0.3, -0.25) is 9.69 Å². The molecular formula is C25H28BrN3O6. The molecule has 3 aromatic rings. The summed E-state index contributed by atoms with van der Waals surface area (Å²) in [6.07, 6.45) is 0.616. The Labute approximate surface area is 212 Å². The molecule has 0 bridgehead atoms. The minimum absolute atomic E-state index is 0.190. The van der Waals surface area contributed by atoms with Crippen molar-refractivity contribution >= 4 is 38.4 Å². The molecule has 1 atom stereocenters. The number of amides is 1. The number of benzene rings is 2. The molecule has 0 spiro atoms. The van der Waals surface area contributed by atoms with Gasteiger partial charge in [0.25, 0.3) is 0 Å². The number of nitrogens with zero attached hydrogens (tertiary/aromatic N) is 3. The Kier molecular flexibility index (Phi) is 8.17. The van der Waals surface area contributed by atoms with Gasteiger partial charge < -0.3 is 23.7 Å². The Morgan fingerprint density at radius 1 is 1.03 bits per heavy atom. The summed E-state index contributed by atoms with van der Waals surface area (Å²) in [7, 11) is 3.18. The van der Waals surface area contributed by atoms with E-state index < -0.39 is 12.3 Å². The summed E-state index contributed by atoms with van der Waals surface area (Å²) in [5, 5.41) is 0.693. The van der Waals surface area contributed by atoms with Crippen molar-refractivity contribution in [3.63, 3.8) is 0 Å². The monoisotopic (exact) mass is 545 g/mol. The predicted molar refractivity (Wildman–Crippen MR) is 134 cm³/mol. The van der Waals surface area contributed by atoms with Gasteiger partial charge in [-0.05, 0) is 43.7 Å². The summed E-state index contributed by atoms with van der Waals surface area (Å²) >= 11 is 3.54. The highest BCUT2D eigenvalue weighted by molar-refractivity contribution is 9.10. The summed E-state index contributed by atoms with van der Waals surface area (Å²) in [5.41, 5.74) is 2.72. The highest BCUT2D eigenvalue weighted by atomic mass is 79.9. The summed E-state index contributed by atoms with van der Waals surface area (Å²) in [6.45, 7) is 5.32. The van der Waals surface area contributed by atoms with E-state index >= 15 is 0 Å². The van der Waals surface area contributed by atoms with Crippen LogP contribution in [0.5, 0.6) is 11.5 Å². The fourth-order valence-corrected chi connectivity index (χ4v) is 4.53. The highest BCUT2D eigenvalue weighted by Crippen LogP contribution is 2.45. The Morgan fingerprint density at radius 3 is 2.49 bits per heavy atom. The van der Waals surface area contributed by atoms with Gasteiger partial charge in [-0.2, -0.15) is 0 Å². The predicted octanol–water partition coefficient (Wildman–Crippen LogP) is 4.26. The molecule has 10 heteroatoms. The van der Waals surface area contributed by atoms with Gasteiger partial charge in [0, 0.05) is 36.2 Å². The molecule has 1 aliphatic heterocycles. The Hall–Kier alpha value is -2.79. The van der Waals surface area contributed by atoms with E-state index in [9.17, 15) is 4.79 Å². The van der Waals surface area contributed by atoms with Gasteiger partial charge in [0.1, 0.15) is 18.9 Å². The fourth-order valence-electron chi connectivity index (χ4n) is 4.15. The number of hydrogen-bond acceptors (Lipinski definition) is 8. The van der Waals surface area contributed by atoms with Gasteiger partial charge >= 0.3 is 0 Å². The van der Waals surface area contributed by atoms with Gasteiger partial charge in [0.15, 0.2) is 11.5 Å². The van der Waals surface area contributed by atoms with E-state index in [1.807, 2.05) is 38.1 Å². The lowest BCUT2D eigenvalue weighted by Gasteiger charge is -2.28. The molecule has 0 aliphatic carbocycles. The Bertz CT molecular complexity index is 1200. The maximum Gasteiger partial charge on any atom is 0.247 e. The van der Waals surface area contributed by atoms with E-state index in [0.717, 1.165) is 10.0 Å². The van der Waals surface area contributed by atoms with Crippen LogP contribution in [0, 0.1) is 0 Å². The van der Waals surface area contributed by atoms with Crippen molar-refractivity contribution in [3.8, 4) is 11.5 Å². The average Bonchev–Trinajstić information content (AvgIpc) is 3.13. The first-order valence-electron chi connectivity index (χ1n) is 11.3. The lowest BCUT2D eigenvalue weighted by Crippen LogP contribution is -2.42. The SMILES string of the molecule is CCOC(OCC)N1C(=O)C(c2ncnc3cc(OCCOC)c(OC)cc23)c2cc(Br)ccc21. The number of aromatic nitrogens is 2. The third kappa shape index (κ3) is 4.97. The van der Waals surface area contributed by atoms with Crippen molar-refractivity contribution in [2.24, 2.45) is 0 Å². The smallest absolute Gasteiger partial charge is 0.247 e. The second-order valence-electron chi connectivity index (χ2n) is 7.68. The third-order valence-electron chi connectivity index (χ3n) is 5.64. The molecule has 0 saturated carbocycles. The first-order chi connectivity index (χ1) is 17.0. The van der Waals surface area contributed by atoms with Gasteiger partial charge in [0.05, 0.1) is 30.6 Å². The molecule has 1 unspecified atom stereocenters. The topological polar surface area (TPSA) is 92.2 Å². The maximum atomic E-state index is 13.9. The van der Waals surface area contributed by atoms with Crippen LogP contribution in [-0.2, 0) is 19.0 Å². The molecule has 2 aromatic carbocycles. The van der Waals surface area contributed by atoms with E-state index in [1.54, 1.807) is 25.2 Å². The van der Waals surface area contributed by atoms with Crippen LogP contribution in [0.4, 0.5) is 5.69 Å². The van der Waals surface area contributed by atoms with Crippen molar-refractivity contribution in [2.75, 3.05) is 45.5 Å². The van der Waals surface area contributed by atoms with Crippen LogP contribution < -0.4 is 14.4 Å². The van der Waals surface area contributed by atoms with E-state index in [2.05, 4.69) is 25.9 Å². The van der Waals surface area contributed by atoms with Crippen molar-refractivity contribution < 1.29 is 28.5 Å². The third-order valence-corrected chi connectivity index (χ3v) is 6.14. The zero-order valence-electron chi connectivity index (χ0n) is 20.1. The summed E-state index contributed by atoms with van der Waals surface area (Å²) in [6, 6.07) is 9.30. The van der Waals surface area contributed by atoms with Crippen LogP contribution in [0.1, 0.15) is 31.0 Å². The number of fused-ring (bicyclic) bond motifs is 2. The fraction of sp³-hybridized carbons (Fsp3) is 0.400.